The maximum Gasteiger partial charge on any atom is 0.137 e. The summed E-state index contributed by atoms with van der Waals surface area (Å²) in [7, 11) is 0. The normalized spacial score (nSPS) is 48.9. The molecule has 0 saturated heterocycles. The highest BCUT2D eigenvalue weighted by Gasteiger charge is 2.63. The molecule has 1 rings (SSSR count). The molecule has 0 aromatic carbocycles. The first-order valence-electron chi connectivity index (χ1n) is 3.10. The van der Waals surface area contributed by atoms with Gasteiger partial charge in [-0.25, -0.2) is 0 Å². The van der Waals surface area contributed by atoms with Gasteiger partial charge in [0.15, 0.2) is 0 Å². The summed E-state index contributed by atoms with van der Waals surface area (Å²) in [5.41, 5.74) is -0.228. The molecule has 0 amide bonds. The first-order chi connectivity index (χ1) is 3.90. The molecule has 0 radical (unpaired) electrons. The van der Waals surface area contributed by atoms with Crippen LogP contribution in [0.15, 0.2) is 0 Å². The summed E-state index contributed by atoms with van der Waals surface area (Å²) >= 11 is 5.92. The number of ketones is 1. The van der Waals surface area contributed by atoms with Gasteiger partial charge in [0.25, 0.3) is 0 Å². The highest BCUT2D eigenvalue weighted by atomic mass is 35.5. The van der Waals surface area contributed by atoms with E-state index in [4.69, 9.17) is 11.6 Å². The van der Waals surface area contributed by atoms with Gasteiger partial charge in [0.05, 0.1) is 4.87 Å². The molecule has 2 heteroatoms. The fourth-order valence-corrected chi connectivity index (χ4v) is 1.51. The molecule has 1 nitrogen and oxygen atoms in total. The molecule has 1 aliphatic rings. The molecule has 0 N–H and O–H groups in total. The lowest BCUT2D eigenvalue weighted by molar-refractivity contribution is -0.121. The number of alkyl halides is 1. The Morgan fingerprint density at radius 2 is 1.89 bits per heavy atom. The largest absolute Gasteiger partial charge is 0.299 e. The average Bonchev–Trinajstić information content (AvgIpc) is 2.08. The highest BCUT2D eigenvalue weighted by Crippen LogP contribution is 2.60. The zero-order valence-corrected chi connectivity index (χ0v) is 6.75. The number of rotatable bonds is 1. The van der Waals surface area contributed by atoms with Gasteiger partial charge in [0.2, 0.25) is 0 Å². The van der Waals surface area contributed by atoms with E-state index >= 15 is 0 Å². The van der Waals surface area contributed by atoms with Crippen LogP contribution in [0.1, 0.15) is 27.2 Å². The minimum atomic E-state index is -0.251. The molecule has 0 aromatic rings. The first-order valence-corrected chi connectivity index (χ1v) is 3.48. The van der Waals surface area contributed by atoms with E-state index in [0.717, 1.165) is 6.42 Å². The number of hydrogen-bond donors (Lipinski definition) is 0. The van der Waals surface area contributed by atoms with Crippen LogP contribution >= 0.6 is 11.6 Å². The zero-order valence-electron chi connectivity index (χ0n) is 5.99. The van der Waals surface area contributed by atoms with Gasteiger partial charge < -0.3 is 0 Å². The maximum atomic E-state index is 10.9. The quantitative estimate of drug-likeness (QED) is 0.517. The Labute approximate surface area is 60.4 Å². The second kappa shape index (κ2) is 1.51. The van der Waals surface area contributed by atoms with E-state index in [1.54, 1.807) is 6.92 Å². The van der Waals surface area contributed by atoms with Crippen LogP contribution in [-0.2, 0) is 4.79 Å². The molecule has 0 aromatic heterocycles. The van der Waals surface area contributed by atoms with Crippen molar-refractivity contribution in [1.82, 2.24) is 0 Å². The standard InChI is InChI=1S/C7H11ClO/c1-5(9)6(2)4-7(6,3)8/h4H2,1-3H3/t6-,7+/m0/s1. The SMILES string of the molecule is CC(=O)[C@]1(C)C[C@@]1(C)Cl. The van der Waals surface area contributed by atoms with Gasteiger partial charge in [-0.05, 0) is 20.3 Å². The van der Waals surface area contributed by atoms with Crippen molar-refractivity contribution >= 4 is 17.4 Å². The average molecular weight is 147 g/mol. The molecule has 9 heavy (non-hydrogen) atoms. The van der Waals surface area contributed by atoms with Gasteiger partial charge in [-0.2, -0.15) is 0 Å². The second-order valence-electron chi connectivity index (χ2n) is 3.26. The van der Waals surface area contributed by atoms with Gasteiger partial charge in [-0.15, -0.1) is 11.6 Å². The maximum absolute atomic E-state index is 10.9. The summed E-state index contributed by atoms with van der Waals surface area (Å²) in [6.45, 7) is 5.44. The molecule has 1 fully saturated rings. The number of halogens is 1. The van der Waals surface area contributed by atoms with Crippen LogP contribution in [0.2, 0.25) is 0 Å². The molecule has 0 unspecified atom stereocenters. The Kier molecular flexibility index (Phi) is 1.19. The van der Waals surface area contributed by atoms with E-state index in [9.17, 15) is 4.79 Å². The molecular weight excluding hydrogens is 136 g/mol. The minimum Gasteiger partial charge on any atom is -0.299 e. The monoisotopic (exact) mass is 146 g/mol. The fraction of sp³-hybridized carbons (Fsp3) is 0.857. The van der Waals surface area contributed by atoms with Crippen LogP contribution in [0.4, 0.5) is 0 Å². The lowest BCUT2D eigenvalue weighted by Gasteiger charge is -2.06. The summed E-state index contributed by atoms with van der Waals surface area (Å²) in [4.78, 5) is 10.6. The Balaban J connectivity index is 2.74. The molecule has 2 atom stereocenters. The zero-order chi connectivity index (χ0) is 7.28. The second-order valence-corrected chi connectivity index (χ2v) is 4.10. The number of hydrogen-bond acceptors (Lipinski definition) is 1. The third-order valence-corrected chi connectivity index (χ3v) is 3.04. The topological polar surface area (TPSA) is 17.1 Å². The third kappa shape index (κ3) is 0.787. The molecule has 0 heterocycles. The Bertz CT molecular complexity index is 162. The van der Waals surface area contributed by atoms with E-state index in [1.807, 2.05) is 13.8 Å². The molecule has 1 aliphatic carbocycles. The van der Waals surface area contributed by atoms with E-state index < -0.39 is 0 Å². The van der Waals surface area contributed by atoms with Crippen molar-refractivity contribution in [1.29, 1.82) is 0 Å². The molecule has 52 valence electrons. The van der Waals surface area contributed by atoms with Crippen molar-refractivity contribution in [2.24, 2.45) is 5.41 Å². The van der Waals surface area contributed by atoms with Crippen LogP contribution < -0.4 is 0 Å². The van der Waals surface area contributed by atoms with E-state index in [0.29, 0.717) is 0 Å². The summed E-state index contributed by atoms with van der Waals surface area (Å²) < 4.78 is 0. The van der Waals surface area contributed by atoms with E-state index in [1.165, 1.54) is 0 Å². The van der Waals surface area contributed by atoms with Crippen LogP contribution in [-0.4, -0.2) is 10.7 Å². The minimum absolute atomic E-state index is 0.208. The molecule has 0 bridgehead atoms. The van der Waals surface area contributed by atoms with E-state index in [-0.39, 0.29) is 16.1 Å². The number of carbonyl (C=O) groups excluding carboxylic acids is 1. The molecule has 1 saturated carbocycles. The van der Waals surface area contributed by atoms with Gasteiger partial charge in [-0.1, -0.05) is 6.92 Å². The Morgan fingerprint density at radius 1 is 1.56 bits per heavy atom. The van der Waals surface area contributed by atoms with Gasteiger partial charge in [0, 0.05) is 5.41 Å². The fourth-order valence-electron chi connectivity index (χ4n) is 1.11. The Morgan fingerprint density at radius 3 is 1.89 bits per heavy atom. The van der Waals surface area contributed by atoms with Gasteiger partial charge in [0.1, 0.15) is 5.78 Å². The smallest absolute Gasteiger partial charge is 0.137 e. The Hall–Kier alpha value is -0.0400. The van der Waals surface area contributed by atoms with Gasteiger partial charge in [-0.3, -0.25) is 4.79 Å². The first kappa shape index (κ1) is 7.07. The van der Waals surface area contributed by atoms with Crippen LogP contribution in [0.5, 0.6) is 0 Å². The lowest BCUT2D eigenvalue weighted by Crippen LogP contribution is -2.15. The summed E-state index contributed by atoms with van der Waals surface area (Å²) in [5.74, 6) is 0.208. The molecule has 0 spiro atoms. The molecular formula is C7H11ClO. The van der Waals surface area contributed by atoms with Crippen molar-refractivity contribution < 1.29 is 4.79 Å². The van der Waals surface area contributed by atoms with Crippen molar-refractivity contribution in [2.75, 3.05) is 0 Å². The number of Topliss-reactive ketones (excluding diaryl/α,β-unsaturated/α-hetero) is 1. The van der Waals surface area contributed by atoms with Crippen molar-refractivity contribution in [3.05, 3.63) is 0 Å². The lowest BCUT2D eigenvalue weighted by atomic mass is 10.0. The van der Waals surface area contributed by atoms with Crippen LogP contribution in [0.3, 0.4) is 0 Å². The number of carbonyl (C=O) groups is 1. The summed E-state index contributed by atoms with van der Waals surface area (Å²) in [6.07, 6.45) is 0.830. The van der Waals surface area contributed by atoms with Crippen molar-refractivity contribution in [3.63, 3.8) is 0 Å². The summed E-state index contributed by atoms with van der Waals surface area (Å²) in [5, 5.41) is 0. The highest BCUT2D eigenvalue weighted by molar-refractivity contribution is 6.29. The van der Waals surface area contributed by atoms with Crippen molar-refractivity contribution in [3.8, 4) is 0 Å². The van der Waals surface area contributed by atoms with Crippen molar-refractivity contribution in [2.45, 2.75) is 32.1 Å². The van der Waals surface area contributed by atoms with Crippen LogP contribution in [0.25, 0.3) is 0 Å². The predicted octanol–water partition coefficient (Wildman–Crippen LogP) is 1.98. The predicted molar refractivity (Wildman–Crippen MR) is 37.7 cm³/mol. The van der Waals surface area contributed by atoms with Crippen LogP contribution in [0, 0.1) is 5.41 Å². The van der Waals surface area contributed by atoms with Gasteiger partial charge >= 0.3 is 0 Å². The summed E-state index contributed by atoms with van der Waals surface area (Å²) in [6, 6.07) is 0. The molecule has 0 aliphatic heterocycles. The third-order valence-electron chi connectivity index (χ3n) is 2.49. The van der Waals surface area contributed by atoms with E-state index in [2.05, 4.69) is 0 Å².